The molecule has 0 aromatic heterocycles. The molecule has 1 atom stereocenters. The van der Waals surface area contributed by atoms with Gasteiger partial charge in [-0.3, -0.25) is 4.79 Å². The van der Waals surface area contributed by atoms with Crippen LogP contribution in [0.25, 0.3) is 6.08 Å². The van der Waals surface area contributed by atoms with Crippen molar-refractivity contribution in [2.45, 2.75) is 13.0 Å². The van der Waals surface area contributed by atoms with Gasteiger partial charge in [-0.1, -0.05) is 35.9 Å². The molecule has 0 aliphatic rings. The number of hydrogen-bond acceptors (Lipinski definition) is 1. The maximum atomic E-state index is 13.0. The number of amides is 1. The Morgan fingerprint density at radius 3 is 2.62 bits per heavy atom. The summed E-state index contributed by atoms with van der Waals surface area (Å²) in [5.41, 5.74) is 1.61. The third kappa shape index (κ3) is 4.72. The first-order valence-electron chi connectivity index (χ1n) is 6.54. The predicted octanol–water partition coefficient (Wildman–Crippen LogP) is 4.37. The molecule has 0 radical (unpaired) electrons. The van der Waals surface area contributed by atoms with E-state index in [1.165, 1.54) is 18.2 Å². The van der Waals surface area contributed by atoms with Crippen LogP contribution < -0.4 is 5.32 Å². The molecular formula is C17H15ClFNO. The Bertz CT molecular complexity index is 652. The van der Waals surface area contributed by atoms with Crippen LogP contribution in [0.1, 0.15) is 24.1 Å². The first-order chi connectivity index (χ1) is 10.0. The SMILES string of the molecule is C[C@H](NC(=O)/C=C/c1cccc(F)c1)c1ccc(Cl)cc1. The van der Waals surface area contributed by atoms with E-state index in [4.69, 9.17) is 11.6 Å². The molecule has 0 heterocycles. The van der Waals surface area contributed by atoms with Crippen LogP contribution in [-0.4, -0.2) is 5.91 Å². The van der Waals surface area contributed by atoms with Gasteiger partial charge in [0.25, 0.3) is 0 Å². The molecule has 1 N–H and O–H groups in total. The summed E-state index contributed by atoms with van der Waals surface area (Å²) in [5.74, 6) is -0.561. The van der Waals surface area contributed by atoms with Crippen LogP contribution in [0, 0.1) is 5.82 Å². The smallest absolute Gasteiger partial charge is 0.244 e. The number of carbonyl (C=O) groups excluding carboxylic acids is 1. The van der Waals surface area contributed by atoms with Crippen LogP contribution in [0.5, 0.6) is 0 Å². The zero-order valence-electron chi connectivity index (χ0n) is 11.5. The number of halogens is 2. The molecule has 2 rings (SSSR count). The molecule has 0 bridgehead atoms. The van der Waals surface area contributed by atoms with Crippen molar-refractivity contribution < 1.29 is 9.18 Å². The highest BCUT2D eigenvalue weighted by Crippen LogP contribution is 2.16. The van der Waals surface area contributed by atoms with Crippen LogP contribution in [0.15, 0.2) is 54.6 Å². The summed E-state index contributed by atoms with van der Waals surface area (Å²) in [4.78, 5) is 11.8. The summed E-state index contributed by atoms with van der Waals surface area (Å²) in [6.45, 7) is 1.89. The molecule has 4 heteroatoms. The van der Waals surface area contributed by atoms with Crippen LogP contribution in [0.3, 0.4) is 0 Å². The Morgan fingerprint density at radius 1 is 1.24 bits per heavy atom. The normalized spacial score (nSPS) is 12.3. The zero-order chi connectivity index (χ0) is 15.2. The third-order valence-corrected chi connectivity index (χ3v) is 3.26. The standard InChI is InChI=1S/C17H15ClFNO/c1-12(14-6-8-15(18)9-7-14)20-17(21)10-5-13-3-2-4-16(19)11-13/h2-12H,1H3,(H,20,21)/b10-5+/t12-/m0/s1. The van der Waals surface area contributed by atoms with Gasteiger partial charge in [-0.15, -0.1) is 0 Å². The fraction of sp³-hybridized carbons (Fsp3) is 0.118. The van der Waals surface area contributed by atoms with Crippen LogP contribution in [-0.2, 0) is 4.79 Å². The lowest BCUT2D eigenvalue weighted by atomic mass is 10.1. The fourth-order valence-electron chi connectivity index (χ4n) is 1.88. The van der Waals surface area contributed by atoms with Gasteiger partial charge in [0.15, 0.2) is 0 Å². The predicted molar refractivity (Wildman–Crippen MR) is 83.4 cm³/mol. The molecule has 0 aliphatic carbocycles. The molecule has 1 amide bonds. The van der Waals surface area contributed by atoms with Gasteiger partial charge in [0.05, 0.1) is 6.04 Å². The van der Waals surface area contributed by atoms with Gasteiger partial charge in [0, 0.05) is 11.1 Å². The molecule has 2 aromatic carbocycles. The van der Waals surface area contributed by atoms with Crippen molar-refractivity contribution in [2.75, 3.05) is 0 Å². The summed E-state index contributed by atoms with van der Waals surface area (Å²) in [7, 11) is 0. The molecule has 0 spiro atoms. The fourth-order valence-corrected chi connectivity index (χ4v) is 2.00. The Balaban J connectivity index is 1.96. The summed E-state index contributed by atoms with van der Waals surface area (Å²) in [6, 6.07) is 13.2. The van der Waals surface area contributed by atoms with Crippen molar-refractivity contribution in [3.8, 4) is 0 Å². The van der Waals surface area contributed by atoms with Gasteiger partial charge in [0.2, 0.25) is 5.91 Å². The van der Waals surface area contributed by atoms with Crippen LogP contribution >= 0.6 is 11.6 Å². The average molecular weight is 304 g/mol. The quantitative estimate of drug-likeness (QED) is 0.835. The second kappa shape index (κ2) is 7.04. The Kier molecular flexibility index (Phi) is 5.12. The van der Waals surface area contributed by atoms with E-state index in [1.54, 1.807) is 30.3 Å². The molecule has 2 nitrogen and oxygen atoms in total. The van der Waals surface area contributed by atoms with E-state index in [-0.39, 0.29) is 17.8 Å². The van der Waals surface area contributed by atoms with Crippen molar-refractivity contribution in [3.63, 3.8) is 0 Å². The summed E-state index contributed by atoms with van der Waals surface area (Å²) in [5, 5.41) is 3.49. The molecule has 0 unspecified atom stereocenters. The first-order valence-corrected chi connectivity index (χ1v) is 6.92. The van der Waals surface area contributed by atoms with E-state index < -0.39 is 0 Å². The Hall–Kier alpha value is -2.13. The second-order valence-electron chi connectivity index (χ2n) is 4.67. The maximum absolute atomic E-state index is 13.0. The Labute approximate surface area is 128 Å². The van der Waals surface area contributed by atoms with E-state index in [0.717, 1.165) is 5.56 Å². The molecule has 108 valence electrons. The minimum atomic E-state index is -0.327. The van der Waals surface area contributed by atoms with E-state index >= 15 is 0 Å². The number of rotatable bonds is 4. The van der Waals surface area contributed by atoms with Gasteiger partial charge in [0.1, 0.15) is 5.82 Å². The molecule has 0 fully saturated rings. The molecule has 21 heavy (non-hydrogen) atoms. The van der Waals surface area contributed by atoms with Crippen molar-refractivity contribution in [3.05, 3.63) is 76.6 Å². The van der Waals surface area contributed by atoms with Crippen molar-refractivity contribution >= 4 is 23.6 Å². The molecular weight excluding hydrogens is 289 g/mol. The van der Waals surface area contributed by atoms with E-state index in [2.05, 4.69) is 5.32 Å². The number of nitrogens with one attached hydrogen (secondary N) is 1. The van der Waals surface area contributed by atoms with Crippen molar-refractivity contribution in [2.24, 2.45) is 0 Å². The minimum absolute atomic E-state index is 0.132. The number of benzene rings is 2. The topological polar surface area (TPSA) is 29.1 Å². The molecule has 0 saturated carbocycles. The highest BCUT2D eigenvalue weighted by molar-refractivity contribution is 6.30. The minimum Gasteiger partial charge on any atom is -0.346 e. The van der Waals surface area contributed by atoms with Crippen LogP contribution in [0.4, 0.5) is 4.39 Å². The van der Waals surface area contributed by atoms with Gasteiger partial charge < -0.3 is 5.32 Å². The lowest BCUT2D eigenvalue weighted by Gasteiger charge is -2.12. The molecule has 0 saturated heterocycles. The van der Waals surface area contributed by atoms with Gasteiger partial charge >= 0.3 is 0 Å². The largest absolute Gasteiger partial charge is 0.346 e. The summed E-state index contributed by atoms with van der Waals surface area (Å²) < 4.78 is 13.0. The van der Waals surface area contributed by atoms with E-state index in [9.17, 15) is 9.18 Å². The summed E-state index contributed by atoms with van der Waals surface area (Å²) in [6.07, 6.45) is 2.97. The lowest BCUT2D eigenvalue weighted by Crippen LogP contribution is -2.24. The maximum Gasteiger partial charge on any atom is 0.244 e. The molecule has 0 aliphatic heterocycles. The number of carbonyl (C=O) groups is 1. The van der Waals surface area contributed by atoms with E-state index in [0.29, 0.717) is 10.6 Å². The van der Waals surface area contributed by atoms with Crippen LogP contribution in [0.2, 0.25) is 5.02 Å². The average Bonchev–Trinajstić information content (AvgIpc) is 2.46. The Morgan fingerprint density at radius 2 is 1.95 bits per heavy atom. The monoisotopic (exact) mass is 303 g/mol. The van der Waals surface area contributed by atoms with E-state index in [1.807, 2.05) is 19.1 Å². The van der Waals surface area contributed by atoms with Gasteiger partial charge in [-0.05, 0) is 48.4 Å². The highest BCUT2D eigenvalue weighted by atomic mass is 35.5. The highest BCUT2D eigenvalue weighted by Gasteiger charge is 2.07. The van der Waals surface area contributed by atoms with Gasteiger partial charge in [-0.25, -0.2) is 4.39 Å². The number of hydrogen-bond donors (Lipinski definition) is 1. The van der Waals surface area contributed by atoms with Crippen molar-refractivity contribution in [1.29, 1.82) is 0 Å². The second-order valence-corrected chi connectivity index (χ2v) is 5.11. The first kappa shape index (κ1) is 15.3. The summed E-state index contributed by atoms with van der Waals surface area (Å²) >= 11 is 5.82. The molecule has 2 aromatic rings. The zero-order valence-corrected chi connectivity index (χ0v) is 12.3. The van der Waals surface area contributed by atoms with Crippen molar-refractivity contribution in [1.82, 2.24) is 5.32 Å². The lowest BCUT2D eigenvalue weighted by molar-refractivity contribution is -0.117. The van der Waals surface area contributed by atoms with Gasteiger partial charge in [-0.2, -0.15) is 0 Å². The third-order valence-electron chi connectivity index (χ3n) is 3.00.